The summed E-state index contributed by atoms with van der Waals surface area (Å²) in [4.78, 5) is 28.7. The van der Waals surface area contributed by atoms with Crippen LogP contribution in [0.25, 0.3) is 6.08 Å². The SMILES string of the molecule is O=C(NCC(=O)N1CCN(CC=Cc2ccccc2)CC1)c1ccc(Cl)cc1Cl. The molecule has 1 aliphatic rings. The number of halogens is 2. The van der Waals surface area contributed by atoms with Gasteiger partial charge in [-0.1, -0.05) is 65.7 Å². The van der Waals surface area contributed by atoms with Gasteiger partial charge >= 0.3 is 0 Å². The summed E-state index contributed by atoms with van der Waals surface area (Å²) in [6.07, 6.45) is 4.25. The van der Waals surface area contributed by atoms with Gasteiger partial charge in [-0.3, -0.25) is 14.5 Å². The molecule has 1 N–H and O–H groups in total. The second-order valence-electron chi connectivity index (χ2n) is 6.80. The third-order valence-electron chi connectivity index (χ3n) is 4.77. The smallest absolute Gasteiger partial charge is 0.253 e. The van der Waals surface area contributed by atoms with E-state index in [-0.39, 0.29) is 23.4 Å². The molecule has 1 saturated heterocycles. The van der Waals surface area contributed by atoms with E-state index < -0.39 is 0 Å². The lowest BCUT2D eigenvalue weighted by molar-refractivity contribution is -0.131. The highest BCUT2D eigenvalue weighted by molar-refractivity contribution is 6.36. The van der Waals surface area contributed by atoms with Crippen molar-refractivity contribution in [1.82, 2.24) is 15.1 Å². The highest BCUT2D eigenvalue weighted by atomic mass is 35.5. The number of nitrogens with zero attached hydrogens (tertiary/aromatic N) is 2. The number of rotatable bonds is 6. The zero-order valence-electron chi connectivity index (χ0n) is 16.0. The summed E-state index contributed by atoms with van der Waals surface area (Å²) in [5.41, 5.74) is 1.48. The molecule has 1 aliphatic heterocycles. The standard InChI is InChI=1S/C22H23Cl2N3O2/c23-18-8-9-19(20(24)15-18)22(29)25-16-21(28)27-13-11-26(12-14-27)10-4-7-17-5-2-1-3-6-17/h1-9,15H,10-14,16H2,(H,25,29). The largest absolute Gasteiger partial charge is 0.343 e. The number of piperazine rings is 1. The minimum Gasteiger partial charge on any atom is -0.343 e. The quantitative estimate of drug-likeness (QED) is 0.760. The van der Waals surface area contributed by atoms with Crippen molar-refractivity contribution in [3.8, 4) is 0 Å². The number of carbonyl (C=O) groups is 2. The lowest BCUT2D eigenvalue weighted by Gasteiger charge is -2.34. The topological polar surface area (TPSA) is 52.7 Å². The lowest BCUT2D eigenvalue weighted by Crippen LogP contribution is -2.51. The molecule has 0 bridgehead atoms. The predicted molar refractivity (Wildman–Crippen MR) is 117 cm³/mol. The Hall–Kier alpha value is -2.34. The van der Waals surface area contributed by atoms with Crippen LogP contribution in [-0.2, 0) is 4.79 Å². The molecule has 1 heterocycles. The monoisotopic (exact) mass is 431 g/mol. The van der Waals surface area contributed by atoms with Gasteiger partial charge in [0.05, 0.1) is 17.1 Å². The van der Waals surface area contributed by atoms with Crippen LogP contribution in [0.4, 0.5) is 0 Å². The summed E-state index contributed by atoms with van der Waals surface area (Å²) < 4.78 is 0. The molecule has 0 atom stereocenters. The maximum absolute atomic E-state index is 12.4. The number of hydrogen-bond donors (Lipinski definition) is 1. The molecule has 29 heavy (non-hydrogen) atoms. The Morgan fingerprint density at radius 2 is 1.72 bits per heavy atom. The zero-order chi connectivity index (χ0) is 20.6. The first-order valence-corrected chi connectivity index (χ1v) is 10.2. The van der Waals surface area contributed by atoms with Gasteiger partial charge in [-0.25, -0.2) is 0 Å². The fraction of sp³-hybridized carbons (Fsp3) is 0.273. The number of benzene rings is 2. The van der Waals surface area contributed by atoms with Crippen molar-refractivity contribution < 1.29 is 9.59 Å². The van der Waals surface area contributed by atoms with Crippen molar-refractivity contribution in [2.45, 2.75) is 0 Å². The number of amides is 2. The molecule has 0 radical (unpaired) electrons. The first-order chi connectivity index (χ1) is 14.0. The van der Waals surface area contributed by atoms with Gasteiger partial charge in [0.25, 0.3) is 5.91 Å². The van der Waals surface area contributed by atoms with Crippen molar-refractivity contribution in [2.75, 3.05) is 39.3 Å². The van der Waals surface area contributed by atoms with E-state index in [1.54, 1.807) is 17.0 Å². The van der Waals surface area contributed by atoms with Gasteiger partial charge in [0, 0.05) is 37.7 Å². The van der Waals surface area contributed by atoms with Crippen LogP contribution in [0, 0.1) is 0 Å². The second-order valence-corrected chi connectivity index (χ2v) is 7.64. The summed E-state index contributed by atoms with van der Waals surface area (Å²) in [5.74, 6) is -0.479. The maximum Gasteiger partial charge on any atom is 0.253 e. The lowest BCUT2D eigenvalue weighted by atomic mass is 10.2. The van der Waals surface area contributed by atoms with Crippen molar-refractivity contribution in [2.24, 2.45) is 0 Å². The molecule has 3 rings (SSSR count). The minimum atomic E-state index is -0.385. The van der Waals surface area contributed by atoms with Crippen LogP contribution in [0.3, 0.4) is 0 Å². The van der Waals surface area contributed by atoms with Crippen LogP contribution in [-0.4, -0.2) is 60.9 Å². The molecule has 0 aliphatic carbocycles. The molecule has 152 valence electrons. The molecule has 7 heteroatoms. The Bertz CT molecular complexity index is 879. The predicted octanol–water partition coefficient (Wildman–Crippen LogP) is 3.58. The highest BCUT2D eigenvalue weighted by Crippen LogP contribution is 2.20. The molecular formula is C22H23Cl2N3O2. The molecule has 2 aromatic carbocycles. The van der Waals surface area contributed by atoms with E-state index in [2.05, 4.69) is 34.5 Å². The maximum atomic E-state index is 12.4. The third-order valence-corrected chi connectivity index (χ3v) is 5.32. The summed E-state index contributed by atoms with van der Waals surface area (Å²) in [6.45, 7) is 3.71. The van der Waals surface area contributed by atoms with Crippen molar-refractivity contribution in [1.29, 1.82) is 0 Å². The summed E-state index contributed by atoms with van der Waals surface area (Å²) >= 11 is 11.9. The van der Waals surface area contributed by atoms with Crippen LogP contribution < -0.4 is 5.32 Å². The van der Waals surface area contributed by atoms with Gasteiger partial charge in [-0.2, -0.15) is 0 Å². The fourth-order valence-electron chi connectivity index (χ4n) is 3.12. The van der Waals surface area contributed by atoms with E-state index in [1.807, 2.05) is 18.2 Å². The molecule has 5 nitrogen and oxygen atoms in total. The van der Waals surface area contributed by atoms with E-state index in [0.29, 0.717) is 23.7 Å². The van der Waals surface area contributed by atoms with Crippen molar-refractivity contribution in [3.63, 3.8) is 0 Å². The van der Waals surface area contributed by atoms with Crippen LogP contribution in [0.2, 0.25) is 10.0 Å². The molecule has 0 unspecified atom stereocenters. The number of nitrogens with one attached hydrogen (secondary N) is 1. The molecular weight excluding hydrogens is 409 g/mol. The van der Waals surface area contributed by atoms with Crippen LogP contribution in [0.15, 0.2) is 54.6 Å². The normalized spacial score (nSPS) is 14.9. The first kappa shape index (κ1) is 21.4. The van der Waals surface area contributed by atoms with Crippen LogP contribution in [0.1, 0.15) is 15.9 Å². The Kier molecular flexibility index (Phi) is 7.69. The Morgan fingerprint density at radius 3 is 2.41 bits per heavy atom. The van der Waals surface area contributed by atoms with Gasteiger partial charge in [0.2, 0.25) is 5.91 Å². The van der Waals surface area contributed by atoms with E-state index in [9.17, 15) is 9.59 Å². The highest BCUT2D eigenvalue weighted by Gasteiger charge is 2.21. The molecule has 1 fully saturated rings. The van der Waals surface area contributed by atoms with Crippen molar-refractivity contribution in [3.05, 3.63) is 75.8 Å². The summed E-state index contributed by atoms with van der Waals surface area (Å²) in [5, 5.41) is 3.36. The molecule has 2 aromatic rings. The van der Waals surface area contributed by atoms with Crippen LogP contribution in [0.5, 0.6) is 0 Å². The van der Waals surface area contributed by atoms with E-state index in [0.717, 1.165) is 19.6 Å². The molecule has 0 spiro atoms. The molecule has 2 amide bonds. The van der Waals surface area contributed by atoms with E-state index in [4.69, 9.17) is 23.2 Å². The third kappa shape index (κ3) is 6.32. The minimum absolute atomic E-state index is 0.0499. The molecule has 0 saturated carbocycles. The van der Waals surface area contributed by atoms with Crippen molar-refractivity contribution >= 4 is 41.1 Å². The zero-order valence-corrected chi connectivity index (χ0v) is 17.5. The van der Waals surface area contributed by atoms with E-state index >= 15 is 0 Å². The Morgan fingerprint density at radius 1 is 1.00 bits per heavy atom. The average molecular weight is 432 g/mol. The van der Waals surface area contributed by atoms with E-state index in [1.165, 1.54) is 11.6 Å². The van der Waals surface area contributed by atoms with Gasteiger partial charge < -0.3 is 10.2 Å². The summed E-state index contributed by atoms with van der Waals surface area (Å²) in [6, 6.07) is 14.8. The first-order valence-electron chi connectivity index (χ1n) is 9.48. The Labute approximate surface area is 180 Å². The van der Waals surface area contributed by atoms with Crippen LogP contribution >= 0.6 is 23.2 Å². The Balaban J connectivity index is 1.40. The summed E-state index contributed by atoms with van der Waals surface area (Å²) in [7, 11) is 0. The fourth-order valence-corrected chi connectivity index (χ4v) is 3.61. The second kappa shape index (κ2) is 10.4. The van der Waals surface area contributed by atoms with Gasteiger partial charge in [-0.05, 0) is 23.8 Å². The average Bonchev–Trinajstić information content (AvgIpc) is 2.73. The van der Waals surface area contributed by atoms with Gasteiger partial charge in [0.1, 0.15) is 0 Å². The van der Waals surface area contributed by atoms with Gasteiger partial charge in [-0.15, -0.1) is 0 Å². The molecule has 0 aromatic heterocycles. The number of hydrogen-bond acceptors (Lipinski definition) is 3. The van der Waals surface area contributed by atoms with Gasteiger partial charge in [0.15, 0.2) is 0 Å². The number of carbonyl (C=O) groups excluding carboxylic acids is 2.